The predicted octanol–water partition coefficient (Wildman–Crippen LogP) is 2.92. The van der Waals surface area contributed by atoms with Crippen molar-refractivity contribution in [3.63, 3.8) is 0 Å². The van der Waals surface area contributed by atoms with Crippen molar-refractivity contribution in [2.24, 2.45) is 5.92 Å². The molecule has 0 radical (unpaired) electrons. The number of rotatable bonds is 6. The first-order valence-electron chi connectivity index (χ1n) is 9.00. The van der Waals surface area contributed by atoms with Gasteiger partial charge in [0.25, 0.3) is 5.91 Å². The molecule has 1 heterocycles. The fourth-order valence-electron chi connectivity index (χ4n) is 3.16. The van der Waals surface area contributed by atoms with Gasteiger partial charge in [-0.05, 0) is 36.8 Å². The summed E-state index contributed by atoms with van der Waals surface area (Å²) < 4.78 is 17.9. The van der Waals surface area contributed by atoms with Crippen LogP contribution in [0.5, 0.6) is 0 Å². The minimum atomic E-state index is -0.600. The van der Waals surface area contributed by atoms with Crippen LogP contribution in [0.3, 0.4) is 0 Å². The largest absolute Gasteiger partial charge is 0.455 e. The van der Waals surface area contributed by atoms with Crippen molar-refractivity contribution in [1.82, 2.24) is 4.90 Å². The van der Waals surface area contributed by atoms with Gasteiger partial charge in [-0.1, -0.05) is 30.3 Å². The van der Waals surface area contributed by atoms with Crippen LogP contribution in [0.25, 0.3) is 0 Å². The number of ether oxygens (including phenoxy) is 1. The normalized spacial score (nSPS) is 17.3. The number of nitrogens with one attached hydrogen (secondary N) is 1. The Morgan fingerprint density at radius 1 is 1.18 bits per heavy atom. The summed E-state index contributed by atoms with van der Waals surface area (Å²) in [6.45, 7) is 1.71. The van der Waals surface area contributed by atoms with E-state index in [1.807, 2.05) is 37.3 Å². The van der Waals surface area contributed by atoms with Gasteiger partial charge >= 0.3 is 5.97 Å². The van der Waals surface area contributed by atoms with Crippen molar-refractivity contribution >= 4 is 23.5 Å². The Kier molecular flexibility index (Phi) is 6.03. The molecule has 0 saturated carbocycles. The molecule has 7 heteroatoms. The van der Waals surface area contributed by atoms with E-state index in [4.69, 9.17) is 4.74 Å². The molecule has 0 spiro atoms. The lowest BCUT2D eigenvalue weighted by Gasteiger charge is -2.25. The highest BCUT2D eigenvalue weighted by atomic mass is 19.1. The molecule has 2 aromatic rings. The summed E-state index contributed by atoms with van der Waals surface area (Å²) in [5.41, 5.74) is 1.39. The van der Waals surface area contributed by atoms with Crippen LogP contribution in [0.4, 0.5) is 10.1 Å². The maximum Gasteiger partial charge on any atom is 0.311 e. The van der Waals surface area contributed by atoms with Gasteiger partial charge in [-0.3, -0.25) is 14.4 Å². The Bertz CT molecular complexity index is 854. The Labute approximate surface area is 162 Å². The second-order valence-electron chi connectivity index (χ2n) is 6.70. The molecule has 1 aliphatic rings. The van der Waals surface area contributed by atoms with E-state index in [2.05, 4.69) is 5.32 Å². The molecule has 0 unspecified atom stereocenters. The lowest BCUT2D eigenvalue weighted by atomic mass is 10.1. The van der Waals surface area contributed by atoms with Crippen LogP contribution in [0.2, 0.25) is 0 Å². The average molecular weight is 384 g/mol. The summed E-state index contributed by atoms with van der Waals surface area (Å²) in [5, 5.41) is 2.51. The third-order valence-electron chi connectivity index (χ3n) is 4.71. The SMILES string of the molecule is C[C@@H](c1ccccc1)N1C[C@@H](C(=O)OCC(=O)Nc2ccc(F)cc2)CC1=O. The van der Waals surface area contributed by atoms with Crippen molar-refractivity contribution in [3.8, 4) is 0 Å². The highest BCUT2D eigenvalue weighted by molar-refractivity contribution is 5.93. The van der Waals surface area contributed by atoms with Crippen molar-refractivity contribution in [2.45, 2.75) is 19.4 Å². The molecular formula is C21H21FN2O4. The first-order valence-corrected chi connectivity index (χ1v) is 9.00. The van der Waals surface area contributed by atoms with Crippen molar-refractivity contribution in [1.29, 1.82) is 0 Å². The van der Waals surface area contributed by atoms with E-state index in [0.29, 0.717) is 5.69 Å². The first kappa shape index (κ1) is 19.5. The van der Waals surface area contributed by atoms with E-state index in [1.165, 1.54) is 24.3 Å². The Morgan fingerprint density at radius 3 is 2.54 bits per heavy atom. The van der Waals surface area contributed by atoms with Crippen LogP contribution in [-0.2, 0) is 19.1 Å². The van der Waals surface area contributed by atoms with E-state index in [9.17, 15) is 18.8 Å². The van der Waals surface area contributed by atoms with Crippen molar-refractivity contribution < 1.29 is 23.5 Å². The van der Waals surface area contributed by atoms with Gasteiger partial charge in [0.05, 0.1) is 12.0 Å². The maximum atomic E-state index is 12.9. The third kappa shape index (κ3) is 4.73. The zero-order chi connectivity index (χ0) is 20.1. The summed E-state index contributed by atoms with van der Waals surface area (Å²) in [7, 11) is 0. The molecule has 1 fully saturated rings. The van der Waals surface area contributed by atoms with Crippen molar-refractivity contribution in [3.05, 3.63) is 66.0 Å². The quantitative estimate of drug-likeness (QED) is 0.777. The van der Waals surface area contributed by atoms with Crippen LogP contribution in [0.15, 0.2) is 54.6 Å². The summed E-state index contributed by atoms with van der Waals surface area (Å²) in [6, 6.07) is 14.7. The molecule has 2 amide bonds. The number of nitrogens with zero attached hydrogens (tertiary/aromatic N) is 1. The van der Waals surface area contributed by atoms with E-state index in [0.717, 1.165) is 5.56 Å². The number of carbonyl (C=O) groups is 3. The summed E-state index contributed by atoms with van der Waals surface area (Å²) >= 11 is 0. The number of amides is 2. The van der Waals surface area contributed by atoms with Crippen LogP contribution < -0.4 is 5.32 Å². The smallest absolute Gasteiger partial charge is 0.311 e. The molecule has 0 aromatic heterocycles. The first-order chi connectivity index (χ1) is 13.4. The van der Waals surface area contributed by atoms with E-state index in [-0.39, 0.29) is 24.9 Å². The molecule has 0 aliphatic carbocycles. The molecule has 3 rings (SSSR count). The Morgan fingerprint density at radius 2 is 1.86 bits per heavy atom. The van der Waals surface area contributed by atoms with Crippen LogP contribution in [0.1, 0.15) is 24.9 Å². The Balaban J connectivity index is 1.50. The van der Waals surface area contributed by atoms with Gasteiger partial charge in [0, 0.05) is 18.7 Å². The number of hydrogen-bond acceptors (Lipinski definition) is 4. The van der Waals surface area contributed by atoms with Gasteiger partial charge in [-0.15, -0.1) is 0 Å². The third-order valence-corrected chi connectivity index (χ3v) is 4.71. The molecule has 0 bridgehead atoms. The predicted molar refractivity (Wildman–Crippen MR) is 101 cm³/mol. The van der Waals surface area contributed by atoms with Gasteiger partial charge in [0.1, 0.15) is 5.82 Å². The van der Waals surface area contributed by atoms with Crippen LogP contribution in [0, 0.1) is 11.7 Å². The van der Waals surface area contributed by atoms with Crippen LogP contribution in [-0.4, -0.2) is 35.8 Å². The lowest BCUT2D eigenvalue weighted by Crippen LogP contribution is -2.30. The molecule has 28 heavy (non-hydrogen) atoms. The molecule has 6 nitrogen and oxygen atoms in total. The standard InChI is InChI=1S/C21H21FN2O4/c1-14(15-5-3-2-4-6-15)24-12-16(11-20(24)26)21(27)28-13-19(25)23-18-9-7-17(22)8-10-18/h2-10,14,16H,11-13H2,1H3,(H,23,25)/t14-,16-/m0/s1. The number of esters is 1. The van der Waals surface area contributed by atoms with Crippen LogP contribution >= 0.6 is 0 Å². The molecule has 1 N–H and O–H groups in total. The number of likely N-dealkylation sites (tertiary alicyclic amines) is 1. The molecule has 1 saturated heterocycles. The monoisotopic (exact) mass is 384 g/mol. The topological polar surface area (TPSA) is 75.7 Å². The van der Waals surface area contributed by atoms with Gasteiger partial charge in [-0.2, -0.15) is 0 Å². The minimum absolute atomic E-state index is 0.0651. The second kappa shape index (κ2) is 8.65. The fraction of sp³-hybridized carbons (Fsp3) is 0.286. The summed E-state index contributed by atoms with van der Waals surface area (Å²) in [6.07, 6.45) is 0.0651. The van der Waals surface area contributed by atoms with Gasteiger partial charge < -0.3 is 15.0 Å². The number of benzene rings is 2. The zero-order valence-electron chi connectivity index (χ0n) is 15.4. The molecule has 146 valence electrons. The number of carbonyl (C=O) groups excluding carboxylic acids is 3. The van der Waals surface area contributed by atoms with Gasteiger partial charge in [0.15, 0.2) is 6.61 Å². The number of anilines is 1. The number of hydrogen-bond donors (Lipinski definition) is 1. The van der Waals surface area contributed by atoms with E-state index in [1.54, 1.807) is 4.90 Å². The van der Waals surface area contributed by atoms with Gasteiger partial charge in [0.2, 0.25) is 5.91 Å². The summed E-state index contributed by atoms with van der Waals surface area (Å²) in [4.78, 5) is 38.1. The molecular weight excluding hydrogens is 363 g/mol. The minimum Gasteiger partial charge on any atom is -0.455 e. The van der Waals surface area contributed by atoms with E-state index < -0.39 is 30.2 Å². The lowest BCUT2D eigenvalue weighted by molar-refractivity contribution is -0.151. The highest BCUT2D eigenvalue weighted by Gasteiger charge is 2.38. The fourth-order valence-corrected chi connectivity index (χ4v) is 3.16. The number of halogens is 1. The highest BCUT2D eigenvalue weighted by Crippen LogP contribution is 2.28. The molecule has 1 aliphatic heterocycles. The summed E-state index contributed by atoms with van der Waals surface area (Å²) in [5.74, 6) is -2.24. The Hall–Kier alpha value is -3.22. The van der Waals surface area contributed by atoms with E-state index >= 15 is 0 Å². The van der Waals surface area contributed by atoms with Crippen molar-refractivity contribution in [2.75, 3.05) is 18.5 Å². The second-order valence-corrected chi connectivity index (χ2v) is 6.70. The van der Waals surface area contributed by atoms with Gasteiger partial charge in [-0.25, -0.2) is 4.39 Å². The molecule has 2 atom stereocenters. The maximum absolute atomic E-state index is 12.9. The zero-order valence-corrected chi connectivity index (χ0v) is 15.4. The molecule has 2 aromatic carbocycles. The average Bonchev–Trinajstić information content (AvgIpc) is 3.10.